The molecule has 0 saturated carbocycles. The second-order valence-electron chi connectivity index (χ2n) is 6.89. The first kappa shape index (κ1) is 19.1. The van der Waals surface area contributed by atoms with Crippen molar-refractivity contribution >= 4 is 23.4 Å². The molecule has 0 spiro atoms. The predicted molar refractivity (Wildman–Crippen MR) is 113 cm³/mol. The number of aromatic nitrogens is 1. The highest BCUT2D eigenvalue weighted by Gasteiger charge is 2.32. The van der Waals surface area contributed by atoms with Crippen molar-refractivity contribution in [2.24, 2.45) is 4.99 Å². The minimum atomic E-state index is -0.569. The van der Waals surface area contributed by atoms with Gasteiger partial charge in [-0.15, -0.1) is 0 Å². The smallest absolute Gasteiger partial charge is 0.338 e. The predicted octanol–water partition coefficient (Wildman–Crippen LogP) is 2.72. The number of nitrogens with zero attached hydrogens (tertiary/aromatic N) is 2. The minimum Gasteiger partial charge on any atom is -0.466 e. The standard InChI is InChI=1S/C23H20N2O3S/c1-14-9-11-16(12-10-14)13-18-21(26)25-20(17-7-5-4-6-8-17)19(22(27)28-3)15(2)24-23(25)29-18/h4-13,20H,1-3H3. The van der Waals surface area contributed by atoms with E-state index in [0.717, 1.165) is 16.7 Å². The van der Waals surface area contributed by atoms with Crippen LogP contribution >= 0.6 is 11.3 Å². The van der Waals surface area contributed by atoms with Crippen molar-refractivity contribution in [3.8, 4) is 0 Å². The van der Waals surface area contributed by atoms with Gasteiger partial charge in [-0.1, -0.05) is 71.5 Å². The summed E-state index contributed by atoms with van der Waals surface area (Å²) in [4.78, 5) is 31.0. The number of hydrogen-bond donors (Lipinski definition) is 0. The van der Waals surface area contributed by atoms with Crippen LogP contribution in [-0.4, -0.2) is 17.6 Å². The van der Waals surface area contributed by atoms with Crippen LogP contribution in [0.25, 0.3) is 6.08 Å². The quantitative estimate of drug-likeness (QED) is 0.631. The number of aryl methyl sites for hydroxylation is 1. The number of carbonyl (C=O) groups is 1. The van der Waals surface area contributed by atoms with Crippen molar-refractivity contribution in [2.45, 2.75) is 19.9 Å². The molecule has 0 aliphatic carbocycles. The summed E-state index contributed by atoms with van der Waals surface area (Å²) in [7, 11) is 1.34. The lowest BCUT2D eigenvalue weighted by Gasteiger charge is -2.24. The fourth-order valence-corrected chi connectivity index (χ4v) is 4.50. The van der Waals surface area contributed by atoms with E-state index in [-0.39, 0.29) is 5.56 Å². The molecule has 1 unspecified atom stereocenters. The van der Waals surface area contributed by atoms with Crippen LogP contribution in [0.15, 0.2) is 75.7 Å². The molecule has 1 aromatic heterocycles. The third kappa shape index (κ3) is 3.47. The van der Waals surface area contributed by atoms with Gasteiger partial charge < -0.3 is 4.74 Å². The maximum Gasteiger partial charge on any atom is 0.338 e. The molecule has 6 heteroatoms. The van der Waals surface area contributed by atoms with Crippen LogP contribution in [0.4, 0.5) is 0 Å². The molecular weight excluding hydrogens is 384 g/mol. The van der Waals surface area contributed by atoms with Crippen molar-refractivity contribution in [2.75, 3.05) is 7.11 Å². The number of thiazole rings is 1. The number of carbonyl (C=O) groups excluding carboxylic acids is 1. The van der Waals surface area contributed by atoms with Gasteiger partial charge in [0.1, 0.15) is 0 Å². The first-order valence-corrected chi connectivity index (χ1v) is 10.0. The van der Waals surface area contributed by atoms with Gasteiger partial charge in [0.2, 0.25) is 0 Å². The van der Waals surface area contributed by atoms with E-state index in [1.165, 1.54) is 18.4 Å². The van der Waals surface area contributed by atoms with Crippen LogP contribution in [0.2, 0.25) is 0 Å². The van der Waals surface area contributed by atoms with Crippen LogP contribution in [0.5, 0.6) is 0 Å². The summed E-state index contributed by atoms with van der Waals surface area (Å²) in [5, 5.41) is 0. The average Bonchev–Trinajstić information content (AvgIpc) is 3.03. The summed E-state index contributed by atoms with van der Waals surface area (Å²) in [5.41, 5.74) is 3.72. The van der Waals surface area contributed by atoms with Gasteiger partial charge in [-0.25, -0.2) is 9.79 Å². The van der Waals surface area contributed by atoms with E-state index in [0.29, 0.717) is 20.6 Å². The van der Waals surface area contributed by atoms with Crippen LogP contribution in [-0.2, 0) is 9.53 Å². The lowest BCUT2D eigenvalue weighted by molar-refractivity contribution is -0.136. The van der Waals surface area contributed by atoms with Gasteiger partial charge in [0, 0.05) is 0 Å². The van der Waals surface area contributed by atoms with E-state index in [4.69, 9.17) is 4.74 Å². The molecule has 0 radical (unpaired) electrons. The number of rotatable bonds is 3. The maximum atomic E-state index is 13.3. The van der Waals surface area contributed by atoms with Crippen LogP contribution in [0.3, 0.4) is 0 Å². The summed E-state index contributed by atoms with van der Waals surface area (Å²) in [6.45, 7) is 3.80. The van der Waals surface area contributed by atoms with Gasteiger partial charge in [-0.05, 0) is 31.1 Å². The van der Waals surface area contributed by atoms with Gasteiger partial charge in [0.25, 0.3) is 5.56 Å². The van der Waals surface area contributed by atoms with Gasteiger partial charge >= 0.3 is 5.97 Å². The molecule has 2 heterocycles. The van der Waals surface area contributed by atoms with Gasteiger partial charge in [0.05, 0.1) is 29.0 Å². The Morgan fingerprint density at radius 1 is 1.10 bits per heavy atom. The maximum absolute atomic E-state index is 13.3. The van der Waals surface area contributed by atoms with E-state index in [2.05, 4.69) is 4.99 Å². The summed E-state index contributed by atoms with van der Waals surface area (Å²) in [5.74, 6) is -0.479. The minimum absolute atomic E-state index is 0.169. The summed E-state index contributed by atoms with van der Waals surface area (Å²) < 4.78 is 7.18. The number of hydrogen-bond acceptors (Lipinski definition) is 5. The zero-order valence-corrected chi connectivity index (χ0v) is 17.2. The highest BCUT2D eigenvalue weighted by molar-refractivity contribution is 7.07. The van der Waals surface area contributed by atoms with Gasteiger partial charge in [0.15, 0.2) is 4.80 Å². The van der Waals surface area contributed by atoms with Crippen molar-refractivity contribution in [3.05, 3.63) is 102 Å². The Morgan fingerprint density at radius 2 is 1.79 bits per heavy atom. The molecule has 0 N–H and O–H groups in total. The highest BCUT2D eigenvalue weighted by atomic mass is 32.1. The molecule has 146 valence electrons. The van der Waals surface area contributed by atoms with E-state index in [1.807, 2.05) is 67.6 Å². The molecule has 4 rings (SSSR count). The molecule has 0 bridgehead atoms. The topological polar surface area (TPSA) is 60.7 Å². The molecule has 29 heavy (non-hydrogen) atoms. The molecule has 1 aliphatic heterocycles. The van der Waals surface area contributed by atoms with E-state index in [9.17, 15) is 9.59 Å². The molecule has 5 nitrogen and oxygen atoms in total. The Bertz CT molecular complexity index is 1280. The number of fused-ring (bicyclic) bond motifs is 1. The van der Waals surface area contributed by atoms with Crippen LogP contribution < -0.4 is 14.9 Å². The number of allylic oxidation sites excluding steroid dienone is 1. The molecule has 1 aliphatic rings. The second kappa shape index (κ2) is 7.64. The van der Waals surface area contributed by atoms with Crippen LogP contribution in [0.1, 0.15) is 29.7 Å². The monoisotopic (exact) mass is 404 g/mol. The Hall–Kier alpha value is -3.25. The normalized spacial score (nSPS) is 16.4. The largest absolute Gasteiger partial charge is 0.466 e. The molecule has 1 atom stereocenters. The Morgan fingerprint density at radius 3 is 2.45 bits per heavy atom. The lowest BCUT2D eigenvalue weighted by atomic mass is 9.96. The fourth-order valence-electron chi connectivity index (χ4n) is 3.46. The molecule has 3 aromatic rings. The lowest BCUT2D eigenvalue weighted by Crippen LogP contribution is -2.39. The fraction of sp³-hybridized carbons (Fsp3) is 0.174. The molecular formula is C23H20N2O3S. The molecule has 0 amide bonds. The third-order valence-electron chi connectivity index (χ3n) is 4.92. The Balaban J connectivity index is 1.97. The SMILES string of the molecule is COC(=O)C1=C(C)N=c2sc(=Cc3ccc(C)cc3)c(=O)n2C1c1ccccc1. The zero-order valence-electron chi connectivity index (χ0n) is 16.4. The first-order chi connectivity index (χ1) is 14.0. The van der Waals surface area contributed by atoms with E-state index < -0.39 is 12.0 Å². The Labute approximate surface area is 171 Å². The average molecular weight is 404 g/mol. The van der Waals surface area contributed by atoms with E-state index >= 15 is 0 Å². The first-order valence-electron chi connectivity index (χ1n) is 9.22. The number of benzene rings is 2. The number of esters is 1. The molecule has 0 fully saturated rings. The third-order valence-corrected chi connectivity index (χ3v) is 5.90. The van der Waals surface area contributed by atoms with Crippen molar-refractivity contribution < 1.29 is 9.53 Å². The highest BCUT2D eigenvalue weighted by Crippen LogP contribution is 2.30. The summed E-state index contributed by atoms with van der Waals surface area (Å²) in [6.07, 6.45) is 1.86. The van der Waals surface area contributed by atoms with Crippen molar-refractivity contribution in [1.29, 1.82) is 0 Å². The molecule has 0 saturated heterocycles. The summed E-state index contributed by atoms with van der Waals surface area (Å²) in [6, 6.07) is 16.9. The number of methoxy groups -OCH3 is 1. The Kier molecular flexibility index (Phi) is 5.03. The number of ether oxygens (including phenoxy) is 1. The van der Waals surface area contributed by atoms with Gasteiger partial charge in [-0.3, -0.25) is 9.36 Å². The van der Waals surface area contributed by atoms with E-state index in [1.54, 1.807) is 11.5 Å². The van der Waals surface area contributed by atoms with Crippen molar-refractivity contribution in [1.82, 2.24) is 4.57 Å². The second-order valence-corrected chi connectivity index (χ2v) is 7.90. The van der Waals surface area contributed by atoms with Crippen LogP contribution in [0, 0.1) is 6.92 Å². The summed E-state index contributed by atoms with van der Waals surface area (Å²) >= 11 is 1.33. The van der Waals surface area contributed by atoms with Crippen molar-refractivity contribution in [3.63, 3.8) is 0 Å². The molecule has 2 aromatic carbocycles. The van der Waals surface area contributed by atoms with Gasteiger partial charge in [-0.2, -0.15) is 0 Å². The zero-order chi connectivity index (χ0) is 20.5.